The van der Waals surface area contributed by atoms with E-state index >= 15 is 0 Å². The smallest absolute Gasteiger partial charge is 0.416 e. The maximum absolute atomic E-state index is 13.1. The highest BCUT2D eigenvalue weighted by molar-refractivity contribution is 5.94. The summed E-state index contributed by atoms with van der Waals surface area (Å²) in [7, 11) is 0. The molecule has 1 aromatic carbocycles. The van der Waals surface area contributed by atoms with E-state index in [0.717, 1.165) is 12.1 Å². The first kappa shape index (κ1) is 22.6. The second-order valence-electron chi connectivity index (χ2n) is 6.51. The van der Waals surface area contributed by atoms with Gasteiger partial charge in [0.15, 0.2) is 0 Å². The van der Waals surface area contributed by atoms with Gasteiger partial charge in [-0.25, -0.2) is 9.67 Å². The van der Waals surface area contributed by atoms with E-state index < -0.39 is 29.5 Å². The van der Waals surface area contributed by atoms with Gasteiger partial charge in [-0.1, -0.05) is 0 Å². The highest BCUT2D eigenvalue weighted by Gasteiger charge is 2.31. The Hall–Kier alpha value is -2.66. The minimum Gasteiger partial charge on any atom is -0.481 e. The van der Waals surface area contributed by atoms with E-state index in [9.17, 15) is 22.8 Å². The molecule has 1 saturated heterocycles. The zero-order valence-electron chi connectivity index (χ0n) is 15.1. The summed E-state index contributed by atoms with van der Waals surface area (Å²) in [6.45, 7) is 0.825. The van der Waals surface area contributed by atoms with E-state index in [0.29, 0.717) is 25.9 Å². The number of aliphatic carboxylic acids is 1. The third-order valence-electron chi connectivity index (χ3n) is 4.57. The Morgan fingerprint density at radius 2 is 1.93 bits per heavy atom. The predicted octanol–water partition coefficient (Wildman–Crippen LogP) is 2.44. The third-order valence-corrected chi connectivity index (χ3v) is 4.57. The van der Waals surface area contributed by atoms with Gasteiger partial charge in [0.1, 0.15) is 12.7 Å². The van der Waals surface area contributed by atoms with Crippen molar-refractivity contribution >= 4 is 30.0 Å². The van der Waals surface area contributed by atoms with Crippen molar-refractivity contribution in [2.75, 3.05) is 25.0 Å². The van der Waals surface area contributed by atoms with Crippen LogP contribution in [0.4, 0.5) is 18.9 Å². The van der Waals surface area contributed by atoms with Crippen molar-refractivity contribution in [1.29, 1.82) is 0 Å². The van der Waals surface area contributed by atoms with E-state index in [2.05, 4.69) is 15.4 Å². The Bertz CT molecular complexity index is 852. The molecule has 0 atom stereocenters. The largest absolute Gasteiger partial charge is 0.481 e. The minimum absolute atomic E-state index is 0. The number of hydrogen-bond donors (Lipinski definition) is 2. The van der Waals surface area contributed by atoms with Crippen molar-refractivity contribution < 1.29 is 27.9 Å². The number of likely N-dealkylation sites (tertiary alicyclic amines) is 1. The number of rotatable bonds is 5. The summed E-state index contributed by atoms with van der Waals surface area (Å²) in [5, 5.41) is 15.4. The number of nitrogens with zero attached hydrogens (tertiary/aromatic N) is 4. The number of nitrogens with one attached hydrogen (secondary N) is 1. The molecule has 1 fully saturated rings. The Labute approximate surface area is 170 Å². The van der Waals surface area contributed by atoms with Gasteiger partial charge in [0.05, 0.1) is 29.4 Å². The molecule has 1 aliphatic rings. The fraction of sp³-hybridized carbons (Fsp3) is 0.412. The predicted molar refractivity (Wildman–Crippen MR) is 99.0 cm³/mol. The van der Waals surface area contributed by atoms with Crippen LogP contribution in [-0.4, -0.2) is 56.3 Å². The van der Waals surface area contributed by atoms with E-state index in [-0.39, 0.29) is 30.3 Å². The van der Waals surface area contributed by atoms with Gasteiger partial charge in [-0.15, -0.1) is 12.4 Å². The zero-order valence-corrected chi connectivity index (χ0v) is 15.9. The quantitative estimate of drug-likeness (QED) is 0.751. The standard InChI is InChI=1S/C17H18F3N5O3.ClH/c18-17(19,20)12-1-2-14(25-10-21-9-22-25)13(7-12)23-15(26)8-24-5-3-11(4-6-24)16(27)28;/h1-2,7,9-11H,3-6,8H2,(H,23,26)(H,27,28);1H. The van der Waals surface area contributed by atoms with E-state index in [1.165, 1.54) is 23.4 Å². The Morgan fingerprint density at radius 1 is 1.24 bits per heavy atom. The third kappa shape index (κ3) is 5.67. The zero-order chi connectivity index (χ0) is 20.3. The molecule has 1 aliphatic heterocycles. The molecule has 2 heterocycles. The van der Waals surface area contributed by atoms with Crippen LogP contribution in [0.1, 0.15) is 18.4 Å². The van der Waals surface area contributed by atoms with Crippen molar-refractivity contribution in [2.24, 2.45) is 5.92 Å². The van der Waals surface area contributed by atoms with Crippen LogP contribution in [0.25, 0.3) is 5.69 Å². The summed E-state index contributed by atoms with van der Waals surface area (Å²) in [4.78, 5) is 28.9. The SMILES string of the molecule is Cl.O=C(CN1CCC(C(=O)O)CC1)Nc1cc(C(F)(F)F)ccc1-n1cncn1. The molecular weight excluding hydrogens is 415 g/mol. The number of amides is 1. The van der Waals surface area contributed by atoms with Crippen LogP contribution in [0.3, 0.4) is 0 Å². The summed E-state index contributed by atoms with van der Waals surface area (Å²) >= 11 is 0. The average Bonchev–Trinajstić information content (AvgIpc) is 3.15. The van der Waals surface area contributed by atoms with Gasteiger partial charge in [0.25, 0.3) is 0 Å². The first-order valence-corrected chi connectivity index (χ1v) is 8.55. The van der Waals surface area contributed by atoms with Crippen LogP contribution >= 0.6 is 12.4 Å². The number of halogens is 4. The van der Waals surface area contributed by atoms with E-state index in [4.69, 9.17) is 5.11 Å². The van der Waals surface area contributed by atoms with Gasteiger partial charge in [-0.3, -0.25) is 14.5 Å². The molecule has 3 rings (SSSR count). The molecule has 1 amide bonds. The Morgan fingerprint density at radius 3 is 2.48 bits per heavy atom. The molecule has 0 spiro atoms. The fourth-order valence-corrected chi connectivity index (χ4v) is 3.08. The number of aromatic nitrogens is 3. The highest BCUT2D eigenvalue weighted by Crippen LogP contribution is 2.33. The molecule has 1 aromatic heterocycles. The second kappa shape index (κ2) is 9.23. The van der Waals surface area contributed by atoms with E-state index in [1.807, 2.05) is 0 Å². The van der Waals surface area contributed by atoms with Gasteiger partial charge in [0.2, 0.25) is 5.91 Å². The maximum Gasteiger partial charge on any atom is 0.416 e. The number of carbonyl (C=O) groups excluding carboxylic acids is 1. The number of alkyl halides is 3. The van der Waals surface area contributed by atoms with Gasteiger partial charge in [-0.05, 0) is 44.1 Å². The lowest BCUT2D eigenvalue weighted by atomic mass is 9.97. The maximum atomic E-state index is 13.1. The van der Waals surface area contributed by atoms with Gasteiger partial charge < -0.3 is 10.4 Å². The highest BCUT2D eigenvalue weighted by atomic mass is 35.5. The molecule has 2 aromatic rings. The lowest BCUT2D eigenvalue weighted by Gasteiger charge is -2.29. The number of anilines is 1. The number of carboxylic acid groups (broad SMARTS) is 1. The van der Waals surface area contributed by atoms with Crippen molar-refractivity contribution in [2.45, 2.75) is 19.0 Å². The summed E-state index contributed by atoms with van der Waals surface area (Å²) in [5.74, 6) is -1.78. The lowest BCUT2D eigenvalue weighted by molar-refractivity contribution is -0.143. The molecule has 0 saturated carbocycles. The Kier molecular flexibility index (Phi) is 7.20. The van der Waals surface area contributed by atoms with Crippen LogP contribution in [0, 0.1) is 5.92 Å². The molecule has 0 bridgehead atoms. The second-order valence-corrected chi connectivity index (χ2v) is 6.51. The normalized spacial score (nSPS) is 15.6. The number of carboxylic acids is 1. The van der Waals surface area contributed by atoms with Gasteiger partial charge in [0, 0.05) is 0 Å². The van der Waals surface area contributed by atoms with Crippen molar-refractivity contribution in [3.63, 3.8) is 0 Å². The van der Waals surface area contributed by atoms with Crippen LogP contribution in [0.5, 0.6) is 0 Å². The average molecular weight is 434 g/mol. The van der Waals surface area contributed by atoms with Gasteiger partial charge in [-0.2, -0.15) is 18.3 Å². The summed E-state index contributed by atoms with van der Waals surface area (Å²) in [6, 6.07) is 2.97. The van der Waals surface area contributed by atoms with Crippen molar-refractivity contribution in [1.82, 2.24) is 19.7 Å². The molecule has 158 valence electrons. The molecule has 12 heteroatoms. The summed E-state index contributed by atoms with van der Waals surface area (Å²) in [5.41, 5.74) is -0.678. The molecule has 2 N–H and O–H groups in total. The molecule has 8 nitrogen and oxygen atoms in total. The van der Waals surface area contributed by atoms with Crippen LogP contribution in [0.15, 0.2) is 30.9 Å². The number of hydrogen-bond acceptors (Lipinski definition) is 5. The molecular formula is C17H19ClF3N5O3. The van der Waals surface area contributed by atoms with Gasteiger partial charge >= 0.3 is 12.1 Å². The summed E-state index contributed by atoms with van der Waals surface area (Å²) < 4.78 is 40.4. The molecule has 29 heavy (non-hydrogen) atoms. The minimum atomic E-state index is -4.56. The van der Waals surface area contributed by atoms with Crippen LogP contribution in [0.2, 0.25) is 0 Å². The first-order chi connectivity index (χ1) is 13.2. The van der Waals surface area contributed by atoms with E-state index in [1.54, 1.807) is 4.90 Å². The van der Waals surface area contributed by atoms with Crippen molar-refractivity contribution in [3.8, 4) is 5.69 Å². The molecule has 0 aliphatic carbocycles. The lowest BCUT2D eigenvalue weighted by Crippen LogP contribution is -2.40. The summed E-state index contributed by atoms with van der Waals surface area (Å²) in [6.07, 6.45) is -1.16. The van der Waals surface area contributed by atoms with Crippen molar-refractivity contribution in [3.05, 3.63) is 36.4 Å². The fourth-order valence-electron chi connectivity index (χ4n) is 3.08. The van der Waals surface area contributed by atoms with Crippen LogP contribution in [-0.2, 0) is 15.8 Å². The molecule has 0 unspecified atom stereocenters. The number of benzene rings is 1. The number of piperidine rings is 1. The van der Waals surface area contributed by atoms with Crippen LogP contribution < -0.4 is 5.32 Å². The first-order valence-electron chi connectivity index (χ1n) is 8.55. The molecule has 0 radical (unpaired) electrons. The number of carbonyl (C=O) groups is 2. The Balaban J connectivity index is 0.00000300. The topological polar surface area (TPSA) is 100 Å². The monoisotopic (exact) mass is 433 g/mol.